The monoisotopic (exact) mass is 321 g/mol. The zero-order valence-electron chi connectivity index (χ0n) is 12.5. The van der Waals surface area contributed by atoms with Crippen LogP contribution < -0.4 is 5.32 Å². The fraction of sp³-hybridized carbons (Fsp3) is 0.412. The quantitative estimate of drug-likeness (QED) is 0.668. The van der Waals surface area contributed by atoms with Gasteiger partial charge >= 0.3 is 5.97 Å². The van der Waals surface area contributed by atoms with Crippen LogP contribution in [0.4, 0.5) is 0 Å². The van der Waals surface area contributed by atoms with Gasteiger partial charge < -0.3 is 10.1 Å². The number of methoxy groups -OCH3 is 1. The minimum absolute atomic E-state index is 0.0202. The van der Waals surface area contributed by atoms with Gasteiger partial charge in [0.25, 0.3) is 0 Å². The summed E-state index contributed by atoms with van der Waals surface area (Å²) in [6, 6.07) is 6.73. The highest BCUT2D eigenvalue weighted by atomic mass is 35.5. The van der Waals surface area contributed by atoms with Crippen molar-refractivity contribution < 1.29 is 14.3 Å². The Hall–Kier alpha value is -1.81. The first-order chi connectivity index (χ1) is 10.6. The van der Waals surface area contributed by atoms with E-state index in [1.165, 1.54) is 7.11 Å². The normalized spacial score (nSPS) is 18.5. The van der Waals surface area contributed by atoms with E-state index in [1.807, 2.05) is 18.2 Å². The first-order valence-electron chi connectivity index (χ1n) is 7.38. The van der Waals surface area contributed by atoms with Gasteiger partial charge in [0.15, 0.2) is 0 Å². The molecule has 0 aliphatic heterocycles. The first-order valence-corrected chi connectivity index (χ1v) is 7.75. The van der Waals surface area contributed by atoms with Crippen molar-refractivity contribution in [2.24, 2.45) is 5.92 Å². The average Bonchev–Trinajstić information content (AvgIpc) is 2.55. The van der Waals surface area contributed by atoms with Crippen LogP contribution in [0.25, 0.3) is 0 Å². The standard InChI is InChI=1S/C17H20ClNO3/c1-22-16(20)11-15(12-7-9-14(18)10-8-12)19-17(21)13-5-3-2-4-6-13/h2-3,7-10,13,15H,4-6,11H2,1H3,(H,19,21)/t13-,15-/m0/s1. The molecule has 0 heterocycles. The smallest absolute Gasteiger partial charge is 0.307 e. The van der Waals surface area contributed by atoms with Crippen LogP contribution in [0.1, 0.15) is 37.3 Å². The maximum atomic E-state index is 12.4. The molecule has 1 aliphatic carbocycles. The van der Waals surface area contributed by atoms with Crippen molar-refractivity contribution in [1.29, 1.82) is 0 Å². The molecule has 0 bridgehead atoms. The number of allylic oxidation sites excluding steroid dienone is 2. The summed E-state index contributed by atoms with van der Waals surface area (Å²) in [7, 11) is 1.34. The van der Waals surface area contributed by atoms with Crippen molar-refractivity contribution in [2.75, 3.05) is 7.11 Å². The molecule has 5 heteroatoms. The number of halogens is 1. The molecule has 0 unspecified atom stereocenters. The highest BCUT2D eigenvalue weighted by Gasteiger charge is 2.24. The van der Waals surface area contributed by atoms with Crippen LogP contribution in [0, 0.1) is 5.92 Å². The second kappa shape index (κ2) is 7.99. The van der Waals surface area contributed by atoms with E-state index in [1.54, 1.807) is 12.1 Å². The fourth-order valence-corrected chi connectivity index (χ4v) is 2.64. The Morgan fingerprint density at radius 2 is 2.05 bits per heavy atom. The molecule has 22 heavy (non-hydrogen) atoms. The SMILES string of the molecule is COC(=O)C[C@H](NC(=O)[C@H]1CC=CCC1)c1ccc(Cl)cc1. The van der Waals surface area contributed by atoms with Gasteiger partial charge in [-0.05, 0) is 37.0 Å². The minimum Gasteiger partial charge on any atom is -0.469 e. The van der Waals surface area contributed by atoms with Crippen LogP contribution in [-0.4, -0.2) is 19.0 Å². The lowest BCUT2D eigenvalue weighted by Gasteiger charge is -2.23. The third kappa shape index (κ3) is 4.60. The van der Waals surface area contributed by atoms with Crippen molar-refractivity contribution in [1.82, 2.24) is 5.32 Å². The lowest BCUT2D eigenvalue weighted by Crippen LogP contribution is -2.35. The van der Waals surface area contributed by atoms with Crippen LogP contribution in [0.5, 0.6) is 0 Å². The van der Waals surface area contributed by atoms with E-state index in [0.717, 1.165) is 24.8 Å². The number of hydrogen-bond acceptors (Lipinski definition) is 3. The second-order valence-electron chi connectivity index (χ2n) is 5.37. The van der Waals surface area contributed by atoms with E-state index in [2.05, 4.69) is 11.4 Å². The zero-order valence-corrected chi connectivity index (χ0v) is 13.3. The maximum absolute atomic E-state index is 12.4. The number of esters is 1. The van der Waals surface area contributed by atoms with Gasteiger partial charge in [-0.25, -0.2) is 0 Å². The molecule has 0 fully saturated rings. The van der Waals surface area contributed by atoms with Crippen molar-refractivity contribution in [3.05, 3.63) is 47.0 Å². The Balaban J connectivity index is 2.09. The highest BCUT2D eigenvalue weighted by Crippen LogP contribution is 2.23. The van der Waals surface area contributed by atoms with E-state index >= 15 is 0 Å². The Morgan fingerprint density at radius 1 is 1.32 bits per heavy atom. The lowest BCUT2D eigenvalue weighted by atomic mass is 9.92. The summed E-state index contributed by atoms with van der Waals surface area (Å²) < 4.78 is 4.73. The predicted octanol–water partition coefficient (Wildman–Crippen LogP) is 3.42. The van der Waals surface area contributed by atoms with Crippen LogP contribution >= 0.6 is 11.6 Å². The van der Waals surface area contributed by atoms with E-state index < -0.39 is 6.04 Å². The molecule has 2 atom stereocenters. The largest absolute Gasteiger partial charge is 0.469 e. The Bertz CT molecular complexity index is 554. The van der Waals surface area contributed by atoms with E-state index in [0.29, 0.717) is 5.02 Å². The minimum atomic E-state index is -0.400. The van der Waals surface area contributed by atoms with Crippen molar-refractivity contribution in [2.45, 2.75) is 31.7 Å². The highest BCUT2D eigenvalue weighted by molar-refractivity contribution is 6.30. The number of benzene rings is 1. The number of carbonyl (C=O) groups excluding carboxylic acids is 2. The number of amides is 1. The fourth-order valence-electron chi connectivity index (χ4n) is 2.52. The predicted molar refractivity (Wildman–Crippen MR) is 85.4 cm³/mol. The molecule has 1 amide bonds. The summed E-state index contributed by atoms with van der Waals surface area (Å²) in [5, 5.41) is 3.59. The van der Waals surface area contributed by atoms with Crippen LogP contribution in [-0.2, 0) is 14.3 Å². The third-order valence-electron chi connectivity index (χ3n) is 3.83. The first kappa shape index (κ1) is 16.6. The number of rotatable bonds is 5. The Labute approximate surface area is 135 Å². The number of carbonyl (C=O) groups is 2. The zero-order chi connectivity index (χ0) is 15.9. The second-order valence-corrected chi connectivity index (χ2v) is 5.81. The summed E-state index contributed by atoms with van der Waals surface area (Å²) in [4.78, 5) is 24.0. The van der Waals surface area contributed by atoms with Gasteiger partial charge in [0.05, 0.1) is 19.6 Å². The van der Waals surface area contributed by atoms with Gasteiger partial charge in [0, 0.05) is 10.9 Å². The van der Waals surface area contributed by atoms with Crippen LogP contribution in [0.3, 0.4) is 0 Å². The summed E-state index contributed by atoms with van der Waals surface area (Å²) in [5.74, 6) is -0.408. The molecule has 118 valence electrons. The maximum Gasteiger partial charge on any atom is 0.307 e. The molecule has 1 aromatic rings. The van der Waals surface area contributed by atoms with E-state index in [-0.39, 0.29) is 24.2 Å². The Kier molecular flexibility index (Phi) is 6.01. The van der Waals surface area contributed by atoms with Gasteiger partial charge in [-0.2, -0.15) is 0 Å². The molecule has 0 radical (unpaired) electrons. The van der Waals surface area contributed by atoms with Crippen molar-refractivity contribution >= 4 is 23.5 Å². The van der Waals surface area contributed by atoms with Gasteiger partial charge in [0.2, 0.25) is 5.91 Å². The third-order valence-corrected chi connectivity index (χ3v) is 4.08. The topological polar surface area (TPSA) is 55.4 Å². The number of hydrogen-bond donors (Lipinski definition) is 1. The summed E-state index contributed by atoms with van der Waals surface area (Å²) in [6.07, 6.45) is 6.73. The molecule has 0 saturated carbocycles. The molecule has 0 saturated heterocycles. The summed E-state index contributed by atoms with van der Waals surface area (Å²) in [6.45, 7) is 0. The van der Waals surface area contributed by atoms with Gasteiger partial charge in [-0.15, -0.1) is 0 Å². The van der Waals surface area contributed by atoms with Crippen LogP contribution in [0.2, 0.25) is 5.02 Å². The van der Waals surface area contributed by atoms with E-state index in [4.69, 9.17) is 16.3 Å². The molecular formula is C17H20ClNO3. The van der Waals surface area contributed by atoms with Crippen molar-refractivity contribution in [3.63, 3.8) is 0 Å². The summed E-state index contributed by atoms with van der Waals surface area (Å²) in [5.41, 5.74) is 0.842. The molecule has 1 N–H and O–H groups in total. The molecule has 4 nitrogen and oxygen atoms in total. The van der Waals surface area contributed by atoms with Gasteiger partial charge in [-0.1, -0.05) is 35.9 Å². The summed E-state index contributed by atoms with van der Waals surface area (Å²) >= 11 is 5.89. The van der Waals surface area contributed by atoms with Crippen molar-refractivity contribution in [3.8, 4) is 0 Å². The number of ether oxygens (including phenoxy) is 1. The van der Waals surface area contributed by atoms with Gasteiger partial charge in [0.1, 0.15) is 0 Å². The molecular weight excluding hydrogens is 302 g/mol. The molecule has 0 spiro atoms. The average molecular weight is 322 g/mol. The molecule has 0 aromatic heterocycles. The molecule has 1 aromatic carbocycles. The van der Waals surface area contributed by atoms with Gasteiger partial charge in [-0.3, -0.25) is 9.59 Å². The van der Waals surface area contributed by atoms with Crippen LogP contribution in [0.15, 0.2) is 36.4 Å². The Morgan fingerprint density at radius 3 is 2.64 bits per heavy atom. The molecule has 1 aliphatic rings. The molecule has 2 rings (SSSR count). The number of nitrogens with one attached hydrogen (secondary N) is 1. The lowest BCUT2D eigenvalue weighted by molar-refractivity contribution is -0.141. The van der Waals surface area contributed by atoms with E-state index in [9.17, 15) is 9.59 Å².